The summed E-state index contributed by atoms with van der Waals surface area (Å²) in [6.07, 6.45) is 1.55. The zero-order chi connectivity index (χ0) is 14.8. The fraction of sp³-hybridized carbons (Fsp3) is 0.154. The predicted octanol–water partition coefficient (Wildman–Crippen LogP) is 2.96. The van der Waals surface area contributed by atoms with E-state index in [2.05, 4.69) is 41.2 Å². The molecule has 2 aromatic heterocycles. The first kappa shape index (κ1) is 13.6. The highest BCUT2D eigenvalue weighted by atomic mass is 79.9. The molecule has 0 spiro atoms. The molecule has 8 heteroatoms. The molecule has 3 rings (SSSR count). The maximum atomic E-state index is 5.86. The number of nitrogens with zero attached hydrogens (tertiary/aromatic N) is 3. The molecule has 0 aliphatic carbocycles. The minimum absolute atomic E-state index is 0.396. The number of methoxy groups -OCH3 is 1. The first-order valence-corrected chi connectivity index (χ1v) is 6.91. The lowest BCUT2D eigenvalue weighted by Gasteiger charge is -2.09. The van der Waals surface area contributed by atoms with Crippen LogP contribution in [0.3, 0.4) is 0 Å². The van der Waals surface area contributed by atoms with Crippen molar-refractivity contribution in [3.05, 3.63) is 29.0 Å². The molecule has 0 radical (unpaired) electrons. The first-order valence-electron chi connectivity index (χ1n) is 6.11. The number of anilines is 1. The lowest BCUT2D eigenvalue weighted by molar-refractivity contribution is 0.411. The van der Waals surface area contributed by atoms with Gasteiger partial charge in [-0.3, -0.25) is 0 Å². The summed E-state index contributed by atoms with van der Waals surface area (Å²) in [4.78, 5) is 15.6. The van der Waals surface area contributed by atoms with Gasteiger partial charge in [0.1, 0.15) is 17.0 Å². The van der Waals surface area contributed by atoms with E-state index in [0.29, 0.717) is 28.7 Å². The zero-order valence-corrected chi connectivity index (χ0v) is 12.9. The van der Waals surface area contributed by atoms with Crippen LogP contribution in [0.1, 0.15) is 0 Å². The van der Waals surface area contributed by atoms with Crippen LogP contribution in [-0.2, 0) is 0 Å². The van der Waals surface area contributed by atoms with Gasteiger partial charge in [0.15, 0.2) is 5.65 Å². The van der Waals surface area contributed by atoms with Gasteiger partial charge in [0.05, 0.1) is 17.9 Å². The van der Waals surface area contributed by atoms with Crippen molar-refractivity contribution in [2.75, 3.05) is 19.5 Å². The van der Waals surface area contributed by atoms with Crippen LogP contribution in [0.25, 0.3) is 11.2 Å². The molecular formula is C13H12BrN5O2. The van der Waals surface area contributed by atoms with E-state index in [4.69, 9.17) is 9.47 Å². The maximum absolute atomic E-state index is 5.86. The summed E-state index contributed by atoms with van der Waals surface area (Å²) in [5.41, 5.74) is 1.17. The second kappa shape index (κ2) is 5.57. The van der Waals surface area contributed by atoms with E-state index in [1.165, 1.54) is 0 Å². The molecule has 21 heavy (non-hydrogen) atoms. The number of rotatable bonds is 4. The summed E-state index contributed by atoms with van der Waals surface area (Å²) < 4.78 is 11.8. The molecule has 0 unspecified atom stereocenters. The third kappa shape index (κ3) is 2.62. The van der Waals surface area contributed by atoms with Crippen LogP contribution in [0.4, 0.5) is 5.95 Å². The number of imidazole rings is 1. The molecule has 3 aromatic rings. The lowest BCUT2D eigenvalue weighted by Crippen LogP contribution is -1.99. The topological polar surface area (TPSA) is 85.0 Å². The third-order valence-corrected chi connectivity index (χ3v) is 3.44. The van der Waals surface area contributed by atoms with Gasteiger partial charge >= 0.3 is 0 Å². The molecule has 0 aliphatic heterocycles. The number of fused-ring (bicyclic) bond motifs is 1. The van der Waals surface area contributed by atoms with Gasteiger partial charge < -0.3 is 19.8 Å². The van der Waals surface area contributed by atoms with Gasteiger partial charge in [0.2, 0.25) is 5.95 Å². The first-order chi connectivity index (χ1) is 10.2. The van der Waals surface area contributed by atoms with E-state index in [0.717, 1.165) is 10.2 Å². The van der Waals surface area contributed by atoms with E-state index in [1.807, 2.05) is 12.1 Å². The number of halogens is 1. The number of hydrogen-bond donors (Lipinski definition) is 2. The largest absolute Gasteiger partial charge is 0.497 e. The fourth-order valence-electron chi connectivity index (χ4n) is 1.79. The van der Waals surface area contributed by atoms with Crippen LogP contribution in [0.5, 0.6) is 17.4 Å². The van der Waals surface area contributed by atoms with Crippen molar-refractivity contribution in [1.29, 1.82) is 0 Å². The summed E-state index contributed by atoms with van der Waals surface area (Å²) in [6, 6.07) is 5.43. The van der Waals surface area contributed by atoms with E-state index in [9.17, 15) is 0 Å². The summed E-state index contributed by atoms with van der Waals surface area (Å²) in [5.74, 6) is 2.19. The van der Waals surface area contributed by atoms with Crippen molar-refractivity contribution in [2.45, 2.75) is 0 Å². The van der Waals surface area contributed by atoms with E-state index in [1.54, 1.807) is 26.6 Å². The summed E-state index contributed by atoms with van der Waals surface area (Å²) >= 11 is 3.45. The van der Waals surface area contributed by atoms with Crippen LogP contribution in [0.2, 0.25) is 0 Å². The SMILES string of the molecule is CNc1nc(Oc2ccc(OC)cc2Br)c2[nH]cnc2n1. The molecule has 0 fully saturated rings. The van der Waals surface area contributed by atoms with Crippen molar-refractivity contribution in [3.8, 4) is 17.4 Å². The highest BCUT2D eigenvalue weighted by Gasteiger charge is 2.13. The molecule has 2 N–H and O–H groups in total. The molecule has 108 valence electrons. The van der Waals surface area contributed by atoms with Crippen molar-refractivity contribution >= 4 is 33.0 Å². The number of aromatic nitrogens is 4. The number of nitrogens with one attached hydrogen (secondary N) is 2. The Morgan fingerprint density at radius 1 is 1.29 bits per heavy atom. The summed E-state index contributed by atoms with van der Waals surface area (Å²) in [6.45, 7) is 0. The van der Waals surface area contributed by atoms with Crippen LogP contribution < -0.4 is 14.8 Å². The van der Waals surface area contributed by atoms with Gasteiger partial charge in [-0.2, -0.15) is 9.97 Å². The Kier molecular flexibility index (Phi) is 3.61. The number of benzene rings is 1. The van der Waals surface area contributed by atoms with Crippen LogP contribution in [0.15, 0.2) is 29.0 Å². The summed E-state index contributed by atoms with van der Waals surface area (Å²) in [5, 5.41) is 2.88. The monoisotopic (exact) mass is 349 g/mol. The van der Waals surface area contributed by atoms with Gasteiger partial charge in [0.25, 0.3) is 5.88 Å². The average molecular weight is 350 g/mol. The number of H-pyrrole nitrogens is 1. The normalized spacial score (nSPS) is 10.6. The molecular weight excluding hydrogens is 338 g/mol. The van der Waals surface area contributed by atoms with Crippen molar-refractivity contribution in [1.82, 2.24) is 19.9 Å². The lowest BCUT2D eigenvalue weighted by atomic mass is 10.3. The molecule has 2 heterocycles. The number of hydrogen-bond acceptors (Lipinski definition) is 6. The highest BCUT2D eigenvalue weighted by molar-refractivity contribution is 9.10. The van der Waals surface area contributed by atoms with Gasteiger partial charge in [-0.05, 0) is 34.1 Å². The molecule has 0 atom stereocenters. The standard InChI is InChI=1S/C13H12BrN5O2/c1-15-13-18-11-10(16-6-17-11)12(19-13)21-9-4-3-7(20-2)5-8(9)14/h3-6H,1-2H3,(H2,15,16,17,18,19). The van der Waals surface area contributed by atoms with Gasteiger partial charge in [-0.25, -0.2) is 4.98 Å². The highest BCUT2D eigenvalue weighted by Crippen LogP contribution is 2.34. The minimum Gasteiger partial charge on any atom is -0.497 e. The molecule has 0 amide bonds. The van der Waals surface area contributed by atoms with Crippen molar-refractivity contribution in [3.63, 3.8) is 0 Å². The number of ether oxygens (including phenoxy) is 2. The Morgan fingerprint density at radius 3 is 2.86 bits per heavy atom. The second-order valence-electron chi connectivity index (χ2n) is 4.10. The van der Waals surface area contributed by atoms with Gasteiger partial charge in [0, 0.05) is 7.05 Å². The maximum Gasteiger partial charge on any atom is 0.250 e. The van der Waals surface area contributed by atoms with E-state index in [-0.39, 0.29) is 0 Å². The average Bonchev–Trinajstić information content (AvgIpc) is 2.97. The molecule has 1 aromatic carbocycles. The van der Waals surface area contributed by atoms with Crippen LogP contribution in [0, 0.1) is 0 Å². The van der Waals surface area contributed by atoms with Gasteiger partial charge in [-0.15, -0.1) is 0 Å². The Morgan fingerprint density at radius 2 is 2.14 bits per heavy atom. The molecule has 0 aliphatic rings. The van der Waals surface area contributed by atoms with E-state index >= 15 is 0 Å². The fourth-order valence-corrected chi connectivity index (χ4v) is 2.23. The smallest absolute Gasteiger partial charge is 0.250 e. The zero-order valence-electron chi connectivity index (χ0n) is 11.3. The number of aromatic amines is 1. The quantitative estimate of drug-likeness (QED) is 0.753. The van der Waals surface area contributed by atoms with Crippen LogP contribution >= 0.6 is 15.9 Å². The van der Waals surface area contributed by atoms with Crippen molar-refractivity contribution < 1.29 is 9.47 Å². The van der Waals surface area contributed by atoms with Gasteiger partial charge in [-0.1, -0.05) is 0 Å². The predicted molar refractivity (Wildman–Crippen MR) is 82.0 cm³/mol. The molecule has 0 saturated heterocycles. The Labute approximate surface area is 128 Å². The Hall–Kier alpha value is -2.35. The van der Waals surface area contributed by atoms with Crippen molar-refractivity contribution in [2.24, 2.45) is 0 Å². The molecule has 0 saturated carbocycles. The van der Waals surface area contributed by atoms with Crippen LogP contribution in [-0.4, -0.2) is 34.1 Å². The minimum atomic E-state index is 0.396. The third-order valence-electron chi connectivity index (χ3n) is 2.82. The Bertz CT molecular complexity index is 789. The Balaban J connectivity index is 2.03. The molecule has 7 nitrogen and oxygen atoms in total. The second-order valence-corrected chi connectivity index (χ2v) is 4.96. The van der Waals surface area contributed by atoms with E-state index < -0.39 is 0 Å². The molecule has 0 bridgehead atoms. The summed E-state index contributed by atoms with van der Waals surface area (Å²) in [7, 11) is 3.35.